The van der Waals surface area contributed by atoms with Crippen LogP contribution in [-0.4, -0.2) is 36.1 Å². The van der Waals surface area contributed by atoms with E-state index in [9.17, 15) is 0 Å². The summed E-state index contributed by atoms with van der Waals surface area (Å²) in [6, 6.07) is 17.5. The summed E-state index contributed by atoms with van der Waals surface area (Å²) in [6.07, 6.45) is 1.89. The van der Waals surface area contributed by atoms with Crippen molar-refractivity contribution in [1.82, 2.24) is 9.97 Å². The number of H-pyrrole nitrogens is 1. The van der Waals surface area contributed by atoms with Gasteiger partial charge in [-0.05, 0) is 65.8 Å². The second kappa shape index (κ2) is 7.72. The third kappa shape index (κ3) is 2.63. The molecule has 0 fully saturated rings. The van der Waals surface area contributed by atoms with Gasteiger partial charge in [-0.2, -0.15) is 0 Å². The lowest BCUT2D eigenvalue weighted by molar-refractivity contribution is 0.389. The van der Waals surface area contributed by atoms with Gasteiger partial charge in [0.2, 0.25) is 0 Å². The number of benzene rings is 2. The number of nitrogens with zero attached hydrogens (tertiary/aromatic N) is 5. The van der Waals surface area contributed by atoms with Gasteiger partial charge in [0.1, 0.15) is 5.69 Å². The normalized spacial score (nSPS) is 18.1. The van der Waals surface area contributed by atoms with E-state index < -0.39 is 0 Å². The molecule has 33 heavy (non-hydrogen) atoms. The molecule has 0 aliphatic carbocycles. The molecule has 1 aromatic heterocycles. The van der Waals surface area contributed by atoms with Crippen molar-refractivity contribution in [3.8, 4) is 0 Å². The van der Waals surface area contributed by atoms with Gasteiger partial charge in [-0.25, -0.2) is 4.98 Å². The summed E-state index contributed by atoms with van der Waals surface area (Å²) in [5, 5.41) is 0. The Hall–Kier alpha value is -3.15. The van der Waals surface area contributed by atoms with Crippen molar-refractivity contribution in [2.75, 3.05) is 45.8 Å². The number of anilines is 4. The minimum atomic E-state index is -0.390. The molecule has 6 nitrogen and oxygen atoms in total. The van der Waals surface area contributed by atoms with E-state index in [1.165, 1.54) is 22.7 Å². The highest BCUT2D eigenvalue weighted by atomic mass is 15.5. The average Bonchev–Trinajstić information content (AvgIpc) is 3.48. The molecule has 0 saturated carbocycles. The Labute approximate surface area is 197 Å². The molecule has 0 bridgehead atoms. The van der Waals surface area contributed by atoms with Crippen molar-refractivity contribution in [2.45, 2.75) is 52.9 Å². The van der Waals surface area contributed by atoms with Crippen molar-refractivity contribution in [3.05, 3.63) is 66.2 Å². The maximum atomic E-state index is 5.05. The fourth-order valence-electron chi connectivity index (χ4n) is 6.52. The summed E-state index contributed by atoms with van der Waals surface area (Å²) < 4.78 is 0. The Morgan fingerprint density at radius 3 is 1.36 bits per heavy atom. The zero-order chi connectivity index (χ0) is 23.4. The smallest absolute Gasteiger partial charge is 0.156 e. The molecule has 0 unspecified atom stereocenters. The summed E-state index contributed by atoms with van der Waals surface area (Å²) in [6.45, 7) is 17.3. The molecule has 2 aliphatic rings. The fraction of sp³-hybridized carbons (Fsp3) is 0.444. The molecule has 3 heterocycles. The van der Waals surface area contributed by atoms with E-state index in [4.69, 9.17) is 4.98 Å². The van der Waals surface area contributed by atoms with Gasteiger partial charge in [0.05, 0.1) is 34.8 Å². The monoisotopic (exact) mass is 444 g/mol. The number of aromatic amines is 1. The summed E-state index contributed by atoms with van der Waals surface area (Å²) in [4.78, 5) is 18.7. The van der Waals surface area contributed by atoms with Crippen molar-refractivity contribution in [2.24, 2.45) is 0 Å². The first-order chi connectivity index (χ1) is 16.0. The highest BCUT2D eigenvalue weighted by Crippen LogP contribution is 2.54. The molecular formula is C27H36N6. The predicted octanol–water partition coefficient (Wildman–Crippen LogP) is 5.49. The lowest BCUT2D eigenvalue weighted by atomic mass is 9.95. The SMILES string of the molecule is CCN1c2ccccc2N(CC)C1(C)c1nc[nH]c1C1(C)N(CC)c2ccccc2N1CC. The zero-order valence-corrected chi connectivity index (χ0v) is 20.8. The quantitative estimate of drug-likeness (QED) is 0.545. The van der Waals surface area contributed by atoms with Gasteiger partial charge in [0.15, 0.2) is 11.3 Å². The molecule has 0 saturated heterocycles. The predicted molar refractivity (Wildman–Crippen MR) is 138 cm³/mol. The standard InChI is InChI=1S/C27H36N6/c1-7-30-20-15-11-12-16-21(20)31(8-2)26(30,5)24-25(29-19-28-24)27(6)32(9-3)22-17-13-14-18-23(22)33(27)10-4/h11-19H,7-10H2,1-6H3,(H,28,29). The molecule has 5 rings (SSSR count). The Balaban J connectivity index is 1.72. The third-order valence-electron chi connectivity index (χ3n) is 7.86. The Morgan fingerprint density at radius 1 is 0.636 bits per heavy atom. The van der Waals surface area contributed by atoms with Gasteiger partial charge >= 0.3 is 0 Å². The Kier molecular flexibility index (Phi) is 5.07. The number of fused-ring (bicyclic) bond motifs is 2. The minimum Gasteiger partial charge on any atom is -0.345 e. The number of rotatable bonds is 6. The van der Waals surface area contributed by atoms with Gasteiger partial charge in [-0.1, -0.05) is 24.3 Å². The second-order valence-electron chi connectivity index (χ2n) is 9.12. The largest absolute Gasteiger partial charge is 0.345 e. The summed E-state index contributed by atoms with van der Waals surface area (Å²) in [5.74, 6) is 0. The maximum Gasteiger partial charge on any atom is 0.156 e. The van der Waals surface area contributed by atoms with Crippen LogP contribution in [0.1, 0.15) is 52.9 Å². The number of hydrogen-bond donors (Lipinski definition) is 1. The van der Waals surface area contributed by atoms with Gasteiger partial charge < -0.3 is 24.6 Å². The molecule has 174 valence electrons. The van der Waals surface area contributed by atoms with Crippen molar-refractivity contribution < 1.29 is 0 Å². The van der Waals surface area contributed by atoms with Crippen LogP contribution >= 0.6 is 0 Å². The van der Waals surface area contributed by atoms with Crippen LogP contribution in [0.5, 0.6) is 0 Å². The molecule has 0 spiro atoms. The molecule has 2 aliphatic heterocycles. The highest BCUT2D eigenvalue weighted by Gasteiger charge is 2.54. The lowest BCUT2D eigenvalue weighted by Crippen LogP contribution is -2.57. The topological polar surface area (TPSA) is 41.6 Å². The van der Waals surface area contributed by atoms with E-state index >= 15 is 0 Å². The molecular weight excluding hydrogens is 408 g/mol. The van der Waals surface area contributed by atoms with Crippen LogP contribution in [0.25, 0.3) is 0 Å². The number of para-hydroxylation sites is 4. The van der Waals surface area contributed by atoms with E-state index in [1.807, 2.05) is 6.33 Å². The summed E-state index contributed by atoms with van der Waals surface area (Å²) >= 11 is 0. The average molecular weight is 445 g/mol. The highest BCUT2D eigenvalue weighted by molar-refractivity contribution is 5.82. The zero-order valence-electron chi connectivity index (χ0n) is 20.8. The van der Waals surface area contributed by atoms with E-state index in [0.29, 0.717) is 0 Å². The number of aromatic nitrogens is 2. The van der Waals surface area contributed by atoms with E-state index in [1.54, 1.807) is 0 Å². The molecule has 0 amide bonds. The maximum absolute atomic E-state index is 5.05. The molecule has 1 N–H and O–H groups in total. The number of imidazole rings is 1. The molecule has 6 heteroatoms. The van der Waals surface area contributed by atoms with Crippen molar-refractivity contribution >= 4 is 22.7 Å². The first-order valence-electron chi connectivity index (χ1n) is 12.3. The van der Waals surface area contributed by atoms with Crippen molar-refractivity contribution in [1.29, 1.82) is 0 Å². The number of hydrogen-bond acceptors (Lipinski definition) is 5. The fourth-order valence-corrected chi connectivity index (χ4v) is 6.52. The Morgan fingerprint density at radius 2 is 1.00 bits per heavy atom. The second-order valence-corrected chi connectivity index (χ2v) is 9.12. The van der Waals surface area contributed by atoms with Crippen LogP contribution < -0.4 is 19.6 Å². The van der Waals surface area contributed by atoms with Crippen LogP contribution in [0.15, 0.2) is 54.9 Å². The Bertz CT molecular complexity index is 1000. The van der Waals surface area contributed by atoms with E-state index in [0.717, 1.165) is 37.6 Å². The van der Waals surface area contributed by atoms with E-state index in [-0.39, 0.29) is 11.3 Å². The summed E-state index contributed by atoms with van der Waals surface area (Å²) in [7, 11) is 0. The van der Waals surface area contributed by atoms with Gasteiger partial charge in [0.25, 0.3) is 0 Å². The minimum absolute atomic E-state index is 0.365. The van der Waals surface area contributed by atoms with Crippen LogP contribution in [-0.2, 0) is 11.3 Å². The first kappa shape index (κ1) is 21.7. The molecule has 2 aromatic carbocycles. The molecule has 3 aromatic rings. The molecule has 0 radical (unpaired) electrons. The van der Waals surface area contributed by atoms with Crippen molar-refractivity contribution in [3.63, 3.8) is 0 Å². The number of nitrogens with one attached hydrogen (secondary N) is 1. The third-order valence-corrected chi connectivity index (χ3v) is 7.86. The van der Waals surface area contributed by atoms with Gasteiger partial charge in [0, 0.05) is 26.2 Å². The van der Waals surface area contributed by atoms with Gasteiger partial charge in [-0.15, -0.1) is 0 Å². The van der Waals surface area contributed by atoms with Gasteiger partial charge in [-0.3, -0.25) is 0 Å². The van der Waals surface area contributed by atoms with Crippen LogP contribution in [0.4, 0.5) is 22.7 Å². The summed E-state index contributed by atoms with van der Waals surface area (Å²) in [5.41, 5.74) is 6.61. The van der Waals surface area contributed by atoms with Crippen LogP contribution in [0, 0.1) is 0 Å². The van der Waals surface area contributed by atoms with E-state index in [2.05, 4.69) is 115 Å². The lowest BCUT2D eigenvalue weighted by Gasteiger charge is -2.47. The van der Waals surface area contributed by atoms with Crippen LogP contribution in [0.3, 0.4) is 0 Å². The first-order valence-corrected chi connectivity index (χ1v) is 12.3. The molecule has 0 atom stereocenters. The van der Waals surface area contributed by atoms with Crippen LogP contribution in [0.2, 0.25) is 0 Å².